The number of ether oxygens (including phenoxy) is 1. The van der Waals surface area contributed by atoms with Gasteiger partial charge in [-0.3, -0.25) is 9.78 Å². The summed E-state index contributed by atoms with van der Waals surface area (Å²) in [6.45, 7) is 4.46. The van der Waals surface area contributed by atoms with Gasteiger partial charge >= 0.3 is 0 Å². The summed E-state index contributed by atoms with van der Waals surface area (Å²) in [4.78, 5) is 16.7. The summed E-state index contributed by atoms with van der Waals surface area (Å²) in [7, 11) is 0. The summed E-state index contributed by atoms with van der Waals surface area (Å²) in [6, 6.07) is 14.6. The predicted octanol–water partition coefficient (Wildman–Crippen LogP) is 5.44. The number of nitrogens with one attached hydrogen (secondary N) is 2. The molecule has 138 valence electrons. The number of anilines is 3. The lowest BCUT2D eigenvalue weighted by atomic mass is 10.2. The van der Waals surface area contributed by atoms with Crippen molar-refractivity contribution in [2.75, 3.05) is 17.2 Å². The first-order valence-electron chi connectivity index (χ1n) is 8.58. The molecule has 0 unspecified atom stereocenters. The Bertz CT molecular complexity index is 942. The molecule has 6 heteroatoms. The second-order valence-corrected chi connectivity index (χ2v) is 6.32. The number of aromatic nitrogens is 1. The molecule has 3 rings (SSSR count). The molecule has 0 aliphatic heterocycles. The van der Waals surface area contributed by atoms with E-state index in [0.29, 0.717) is 28.6 Å². The van der Waals surface area contributed by atoms with Gasteiger partial charge in [-0.05, 0) is 61.9 Å². The fourth-order valence-electron chi connectivity index (χ4n) is 2.54. The maximum absolute atomic E-state index is 12.5. The van der Waals surface area contributed by atoms with Crippen molar-refractivity contribution in [1.29, 1.82) is 0 Å². The molecule has 2 N–H and O–H groups in total. The molecular weight excluding hydrogens is 362 g/mol. The molecule has 0 aliphatic carbocycles. The number of nitrogens with zero attached hydrogens (tertiary/aromatic N) is 1. The maximum Gasteiger partial charge on any atom is 0.257 e. The summed E-state index contributed by atoms with van der Waals surface area (Å²) >= 11 is 6.15. The lowest BCUT2D eigenvalue weighted by Crippen LogP contribution is -2.12. The average Bonchev–Trinajstić information content (AvgIpc) is 2.67. The summed E-state index contributed by atoms with van der Waals surface area (Å²) in [5.41, 5.74) is 3.65. The van der Waals surface area contributed by atoms with E-state index >= 15 is 0 Å². The van der Waals surface area contributed by atoms with Crippen LogP contribution < -0.4 is 15.4 Å². The van der Waals surface area contributed by atoms with Gasteiger partial charge in [0.1, 0.15) is 5.75 Å². The van der Waals surface area contributed by atoms with E-state index in [2.05, 4.69) is 15.6 Å². The van der Waals surface area contributed by atoms with Gasteiger partial charge in [0.05, 0.1) is 24.1 Å². The Morgan fingerprint density at radius 3 is 2.63 bits per heavy atom. The van der Waals surface area contributed by atoms with Crippen LogP contribution in [0.4, 0.5) is 17.1 Å². The Balaban J connectivity index is 1.72. The van der Waals surface area contributed by atoms with Crippen molar-refractivity contribution in [3.05, 3.63) is 77.1 Å². The van der Waals surface area contributed by atoms with E-state index < -0.39 is 0 Å². The van der Waals surface area contributed by atoms with Crippen molar-refractivity contribution < 1.29 is 9.53 Å². The fraction of sp³-hybridized carbons (Fsp3) is 0.143. The molecule has 0 saturated carbocycles. The molecule has 0 bridgehead atoms. The number of benzene rings is 2. The summed E-state index contributed by atoms with van der Waals surface area (Å²) < 4.78 is 5.40. The van der Waals surface area contributed by atoms with Gasteiger partial charge in [0.2, 0.25) is 0 Å². The second-order valence-electron chi connectivity index (χ2n) is 5.91. The van der Waals surface area contributed by atoms with Crippen LogP contribution in [0.15, 0.2) is 60.9 Å². The SMILES string of the molecule is CCOc1ccc(NC(=O)c2cncc(Nc3cccc(Cl)c3C)c2)cc1. The van der Waals surface area contributed by atoms with Crippen LogP contribution in [0.1, 0.15) is 22.8 Å². The Morgan fingerprint density at radius 1 is 1.11 bits per heavy atom. The minimum Gasteiger partial charge on any atom is -0.494 e. The molecule has 0 radical (unpaired) electrons. The molecule has 0 fully saturated rings. The van der Waals surface area contributed by atoms with Crippen LogP contribution in [0, 0.1) is 6.92 Å². The summed E-state index contributed by atoms with van der Waals surface area (Å²) in [5, 5.41) is 6.78. The third kappa shape index (κ3) is 4.77. The quantitative estimate of drug-likeness (QED) is 0.597. The zero-order chi connectivity index (χ0) is 19.2. The maximum atomic E-state index is 12.5. The van der Waals surface area contributed by atoms with Gasteiger partial charge in [-0.2, -0.15) is 0 Å². The molecule has 1 aromatic heterocycles. The van der Waals surface area contributed by atoms with Crippen molar-refractivity contribution in [3.8, 4) is 5.75 Å². The molecule has 0 saturated heterocycles. The number of pyridine rings is 1. The average molecular weight is 382 g/mol. The standard InChI is InChI=1S/C21H20ClN3O2/c1-3-27-18-9-7-16(8-10-18)25-21(26)15-11-17(13-23-12-15)24-20-6-4-5-19(22)14(20)2/h4-13,24H,3H2,1-2H3,(H,25,26). The number of carbonyl (C=O) groups is 1. The molecule has 0 spiro atoms. The third-order valence-corrected chi connectivity index (χ3v) is 4.38. The van der Waals surface area contributed by atoms with Crippen LogP contribution in [0.2, 0.25) is 5.02 Å². The Hall–Kier alpha value is -3.05. The highest BCUT2D eigenvalue weighted by molar-refractivity contribution is 6.31. The van der Waals surface area contributed by atoms with Gasteiger partial charge in [0, 0.05) is 22.6 Å². The van der Waals surface area contributed by atoms with Crippen LogP contribution in [0.3, 0.4) is 0 Å². The van der Waals surface area contributed by atoms with Crippen molar-refractivity contribution >= 4 is 34.6 Å². The van der Waals surface area contributed by atoms with Crippen molar-refractivity contribution in [3.63, 3.8) is 0 Å². The van der Waals surface area contributed by atoms with Crippen LogP contribution in [-0.4, -0.2) is 17.5 Å². The monoisotopic (exact) mass is 381 g/mol. The molecule has 0 atom stereocenters. The number of carbonyl (C=O) groups excluding carboxylic acids is 1. The lowest BCUT2D eigenvalue weighted by Gasteiger charge is -2.11. The van der Waals surface area contributed by atoms with E-state index in [1.54, 1.807) is 24.4 Å². The van der Waals surface area contributed by atoms with Crippen LogP contribution >= 0.6 is 11.6 Å². The van der Waals surface area contributed by atoms with Crippen LogP contribution in [-0.2, 0) is 0 Å². The Labute approximate surface area is 163 Å². The van der Waals surface area contributed by atoms with Crippen molar-refractivity contribution in [1.82, 2.24) is 4.98 Å². The largest absolute Gasteiger partial charge is 0.494 e. The molecular formula is C21H20ClN3O2. The number of hydrogen-bond donors (Lipinski definition) is 2. The van der Waals surface area contributed by atoms with E-state index in [1.165, 1.54) is 6.20 Å². The van der Waals surface area contributed by atoms with Crippen LogP contribution in [0.25, 0.3) is 0 Å². The highest BCUT2D eigenvalue weighted by Crippen LogP contribution is 2.26. The number of halogens is 1. The van der Waals surface area contributed by atoms with E-state index in [1.807, 2.05) is 44.2 Å². The van der Waals surface area contributed by atoms with Gasteiger partial charge in [0.15, 0.2) is 0 Å². The number of rotatable bonds is 6. The Morgan fingerprint density at radius 2 is 1.89 bits per heavy atom. The van der Waals surface area contributed by atoms with Gasteiger partial charge in [-0.25, -0.2) is 0 Å². The third-order valence-electron chi connectivity index (χ3n) is 3.97. The molecule has 2 aromatic carbocycles. The highest BCUT2D eigenvalue weighted by Gasteiger charge is 2.09. The van der Waals surface area contributed by atoms with Crippen LogP contribution in [0.5, 0.6) is 5.75 Å². The van der Waals surface area contributed by atoms with Gasteiger partial charge in [-0.15, -0.1) is 0 Å². The number of amides is 1. The minimum absolute atomic E-state index is 0.238. The summed E-state index contributed by atoms with van der Waals surface area (Å²) in [6.07, 6.45) is 3.19. The molecule has 0 aliphatic rings. The van der Waals surface area contributed by atoms with E-state index in [0.717, 1.165) is 17.0 Å². The van der Waals surface area contributed by atoms with Gasteiger partial charge in [0.25, 0.3) is 5.91 Å². The van der Waals surface area contributed by atoms with E-state index in [9.17, 15) is 4.79 Å². The highest BCUT2D eigenvalue weighted by atomic mass is 35.5. The molecule has 27 heavy (non-hydrogen) atoms. The molecule has 1 amide bonds. The Kier molecular flexibility index (Phi) is 5.94. The van der Waals surface area contributed by atoms with E-state index in [-0.39, 0.29) is 5.91 Å². The number of hydrogen-bond acceptors (Lipinski definition) is 4. The first kappa shape index (κ1) is 18.7. The zero-order valence-electron chi connectivity index (χ0n) is 15.1. The first-order valence-corrected chi connectivity index (χ1v) is 8.96. The van der Waals surface area contributed by atoms with E-state index in [4.69, 9.17) is 16.3 Å². The van der Waals surface area contributed by atoms with Crippen molar-refractivity contribution in [2.24, 2.45) is 0 Å². The smallest absolute Gasteiger partial charge is 0.257 e. The molecule has 5 nitrogen and oxygen atoms in total. The van der Waals surface area contributed by atoms with Gasteiger partial charge in [-0.1, -0.05) is 17.7 Å². The minimum atomic E-state index is -0.238. The summed E-state index contributed by atoms with van der Waals surface area (Å²) in [5.74, 6) is 0.526. The van der Waals surface area contributed by atoms with Crippen molar-refractivity contribution in [2.45, 2.75) is 13.8 Å². The lowest BCUT2D eigenvalue weighted by molar-refractivity contribution is 0.102. The topological polar surface area (TPSA) is 63.2 Å². The predicted molar refractivity (Wildman–Crippen MR) is 109 cm³/mol. The van der Waals surface area contributed by atoms with Gasteiger partial charge < -0.3 is 15.4 Å². The fourth-order valence-corrected chi connectivity index (χ4v) is 2.71. The molecule has 1 heterocycles. The zero-order valence-corrected chi connectivity index (χ0v) is 15.9. The normalized spacial score (nSPS) is 10.3. The molecule has 3 aromatic rings. The first-order chi connectivity index (χ1) is 13.1. The second kappa shape index (κ2) is 8.56.